The highest BCUT2D eigenvalue weighted by molar-refractivity contribution is 5.64. The first-order valence-electron chi connectivity index (χ1n) is 5.82. The molecule has 0 unspecified atom stereocenters. The zero-order chi connectivity index (χ0) is 12.4. The lowest BCUT2D eigenvalue weighted by molar-refractivity contribution is 0.295. The van der Waals surface area contributed by atoms with Gasteiger partial charge in [-0.15, -0.1) is 0 Å². The minimum atomic E-state index is 0.136. The topological polar surface area (TPSA) is 38.1 Å². The van der Waals surface area contributed by atoms with Crippen LogP contribution in [0.3, 0.4) is 0 Å². The third-order valence-corrected chi connectivity index (χ3v) is 3.08. The Morgan fingerprint density at radius 3 is 2.71 bits per heavy atom. The van der Waals surface area contributed by atoms with Crippen LogP contribution in [0.1, 0.15) is 17.0 Å². The molecule has 17 heavy (non-hydrogen) atoms. The molecule has 3 heteroatoms. The van der Waals surface area contributed by atoms with E-state index in [2.05, 4.69) is 37.0 Å². The van der Waals surface area contributed by atoms with Crippen LogP contribution in [0.15, 0.2) is 24.4 Å². The maximum absolute atomic E-state index is 8.96. The largest absolute Gasteiger partial charge is 0.396 e. The van der Waals surface area contributed by atoms with Gasteiger partial charge in [0.25, 0.3) is 0 Å². The second kappa shape index (κ2) is 4.72. The van der Waals surface area contributed by atoms with Crippen LogP contribution in [0.4, 0.5) is 0 Å². The van der Waals surface area contributed by atoms with Crippen LogP contribution in [0, 0.1) is 13.8 Å². The van der Waals surface area contributed by atoms with Gasteiger partial charge in [-0.25, -0.2) is 4.98 Å². The van der Waals surface area contributed by atoms with Gasteiger partial charge in [0, 0.05) is 19.0 Å². The first-order valence-corrected chi connectivity index (χ1v) is 5.82. The molecule has 0 atom stereocenters. The number of aliphatic hydroxyl groups is 1. The molecule has 1 heterocycles. The van der Waals surface area contributed by atoms with Gasteiger partial charge in [-0.1, -0.05) is 23.8 Å². The van der Waals surface area contributed by atoms with E-state index in [1.165, 1.54) is 16.7 Å². The van der Waals surface area contributed by atoms with Crippen LogP contribution in [0.25, 0.3) is 11.3 Å². The average Bonchev–Trinajstić information content (AvgIpc) is 2.62. The highest BCUT2D eigenvalue weighted by atomic mass is 16.3. The minimum Gasteiger partial charge on any atom is -0.396 e. The van der Waals surface area contributed by atoms with Crippen LogP contribution in [-0.2, 0) is 13.5 Å². The lowest BCUT2D eigenvalue weighted by Crippen LogP contribution is -2.02. The molecular formula is C14H18N2O. The van der Waals surface area contributed by atoms with E-state index in [9.17, 15) is 0 Å². The molecular weight excluding hydrogens is 212 g/mol. The monoisotopic (exact) mass is 230 g/mol. The lowest BCUT2D eigenvalue weighted by atomic mass is 10.0. The van der Waals surface area contributed by atoms with Gasteiger partial charge in [-0.2, -0.15) is 0 Å². The molecule has 1 aromatic heterocycles. The summed E-state index contributed by atoms with van der Waals surface area (Å²) in [5.74, 6) is 0.919. The van der Waals surface area contributed by atoms with Crippen LogP contribution in [0.2, 0.25) is 0 Å². The van der Waals surface area contributed by atoms with E-state index >= 15 is 0 Å². The first-order chi connectivity index (χ1) is 8.13. The van der Waals surface area contributed by atoms with Crippen LogP contribution in [0.5, 0.6) is 0 Å². The highest BCUT2D eigenvalue weighted by Gasteiger charge is 2.09. The van der Waals surface area contributed by atoms with Crippen molar-refractivity contribution in [1.82, 2.24) is 9.55 Å². The fraction of sp³-hybridized carbons (Fsp3) is 0.357. The van der Waals surface area contributed by atoms with Crippen molar-refractivity contribution < 1.29 is 5.11 Å². The summed E-state index contributed by atoms with van der Waals surface area (Å²) in [7, 11) is 1.99. The standard InChI is InChI=1S/C14H18N2O/c1-10-4-5-12(11(2)8-10)13-9-15-14(6-7-17)16(13)3/h4-5,8-9,17H,6-7H2,1-3H3. The molecule has 0 saturated carbocycles. The van der Waals surface area contributed by atoms with E-state index < -0.39 is 0 Å². The third kappa shape index (κ3) is 2.24. The number of nitrogens with zero attached hydrogens (tertiary/aromatic N) is 2. The van der Waals surface area contributed by atoms with Gasteiger partial charge in [0.05, 0.1) is 18.5 Å². The molecule has 1 N–H and O–H groups in total. The molecule has 0 aliphatic heterocycles. The van der Waals surface area contributed by atoms with Gasteiger partial charge in [0.1, 0.15) is 5.82 Å². The number of aliphatic hydroxyl groups excluding tert-OH is 1. The van der Waals surface area contributed by atoms with Crippen molar-refractivity contribution in [3.05, 3.63) is 41.3 Å². The normalized spacial score (nSPS) is 10.8. The van der Waals surface area contributed by atoms with E-state index in [0.717, 1.165) is 11.5 Å². The summed E-state index contributed by atoms with van der Waals surface area (Å²) in [5, 5.41) is 8.96. The van der Waals surface area contributed by atoms with Gasteiger partial charge in [0.15, 0.2) is 0 Å². The summed E-state index contributed by atoms with van der Waals surface area (Å²) in [4.78, 5) is 4.35. The molecule has 0 fully saturated rings. The number of aromatic nitrogens is 2. The van der Waals surface area contributed by atoms with Crippen LogP contribution in [-0.4, -0.2) is 21.3 Å². The van der Waals surface area contributed by atoms with Crippen molar-refractivity contribution in [1.29, 1.82) is 0 Å². The second-order valence-corrected chi connectivity index (χ2v) is 4.41. The van der Waals surface area contributed by atoms with Crippen LogP contribution >= 0.6 is 0 Å². The first kappa shape index (κ1) is 11.9. The summed E-state index contributed by atoms with van der Waals surface area (Å²) in [5.41, 5.74) is 4.83. The molecule has 0 aliphatic carbocycles. The predicted molar refractivity (Wildman–Crippen MR) is 68.9 cm³/mol. The smallest absolute Gasteiger partial charge is 0.111 e. The Balaban J connectivity index is 2.46. The summed E-state index contributed by atoms with van der Waals surface area (Å²) >= 11 is 0. The van der Waals surface area contributed by atoms with Gasteiger partial charge in [-0.3, -0.25) is 0 Å². The summed E-state index contributed by atoms with van der Waals surface area (Å²) < 4.78 is 2.05. The Labute approximate surface area is 102 Å². The Morgan fingerprint density at radius 1 is 1.29 bits per heavy atom. The van der Waals surface area contributed by atoms with Gasteiger partial charge in [0.2, 0.25) is 0 Å². The Hall–Kier alpha value is -1.61. The minimum absolute atomic E-state index is 0.136. The zero-order valence-corrected chi connectivity index (χ0v) is 10.6. The van der Waals surface area contributed by atoms with Crippen molar-refractivity contribution in [2.75, 3.05) is 6.61 Å². The maximum Gasteiger partial charge on any atom is 0.111 e. The SMILES string of the molecule is Cc1ccc(-c2cnc(CCO)n2C)c(C)c1. The van der Waals surface area contributed by atoms with Crippen molar-refractivity contribution in [3.63, 3.8) is 0 Å². The molecule has 0 bridgehead atoms. The van der Waals surface area contributed by atoms with Crippen molar-refractivity contribution in [3.8, 4) is 11.3 Å². The molecule has 0 saturated heterocycles. The number of imidazole rings is 1. The Bertz CT molecular complexity index is 529. The molecule has 3 nitrogen and oxygen atoms in total. The average molecular weight is 230 g/mol. The second-order valence-electron chi connectivity index (χ2n) is 4.41. The van der Waals surface area contributed by atoms with Gasteiger partial charge < -0.3 is 9.67 Å². The van der Waals surface area contributed by atoms with E-state index in [1.54, 1.807) is 0 Å². The van der Waals surface area contributed by atoms with E-state index in [4.69, 9.17) is 5.11 Å². The van der Waals surface area contributed by atoms with Crippen molar-refractivity contribution >= 4 is 0 Å². The van der Waals surface area contributed by atoms with E-state index in [-0.39, 0.29) is 6.61 Å². The summed E-state index contributed by atoms with van der Waals surface area (Å²) in [6, 6.07) is 6.42. The Kier molecular flexibility index (Phi) is 3.29. The maximum atomic E-state index is 8.96. The molecule has 0 aliphatic rings. The number of aryl methyl sites for hydroxylation is 2. The fourth-order valence-corrected chi connectivity index (χ4v) is 2.13. The molecule has 0 amide bonds. The van der Waals surface area contributed by atoms with E-state index in [0.29, 0.717) is 6.42 Å². The van der Waals surface area contributed by atoms with Crippen molar-refractivity contribution in [2.45, 2.75) is 20.3 Å². The van der Waals surface area contributed by atoms with Crippen LogP contribution < -0.4 is 0 Å². The number of hydrogen-bond donors (Lipinski definition) is 1. The Morgan fingerprint density at radius 2 is 2.06 bits per heavy atom. The number of benzene rings is 1. The molecule has 90 valence electrons. The van der Waals surface area contributed by atoms with Gasteiger partial charge >= 0.3 is 0 Å². The quantitative estimate of drug-likeness (QED) is 0.878. The predicted octanol–water partition coefficient (Wildman–Crippen LogP) is 2.24. The summed E-state index contributed by atoms with van der Waals surface area (Å²) in [6.45, 7) is 4.34. The molecule has 1 aromatic carbocycles. The molecule has 2 aromatic rings. The summed E-state index contributed by atoms with van der Waals surface area (Å²) in [6.07, 6.45) is 2.48. The van der Waals surface area contributed by atoms with Crippen molar-refractivity contribution in [2.24, 2.45) is 7.05 Å². The molecule has 0 radical (unpaired) electrons. The number of rotatable bonds is 3. The number of hydrogen-bond acceptors (Lipinski definition) is 2. The highest BCUT2D eigenvalue weighted by Crippen LogP contribution is 2.24. The molecule has 0 spiro atoms. The zero-order valence-electron chi connectivity index (χ0n) is 10.6. The van der Waals surface area contributed by atoms with E-state index in [1.807, 2.05) is 17.8 Å². The fourth-order valence-electron chi connectivity index (χ4n) is 2.13. The molecule has 2 rings (SSSR count). The lowest BCUT2D eigenvalue weighted by Gasteiger charge is -2.09. The van der Waals surface area contributed by atoms with Gasteiger partial charge in [-0.05, 0) is 19.4 Å². The third-order valence-electron chi connectivity index (χ3n) is 3.08.